The summed E-state index contributed by atoms with van der Waals surface area (Å²) in [6, 6.07) is 2.06. The van der Waals surface area contributed by atoms with Crippen LogP contribution in [0.3, 0.4) is 0 Å². The van der Waals surface area contributed by atoms with Gasteiger partial charge in [-0.15, -0.1) is 34.5 Å². The minimum absolute atomic E-state index is 0.0359. The van der Waals surface area contributed by atoms with Crippen molar-refractivity contribution >= 4 is 40.4 Å². The summed E-state index contributed by atoms with van der Waals surface area (Å²) >= 11 is 13.6. The van der Waals surface area contributed by atoms with Crippen molar-refractivity contribution < 1.29 is 4.79 Å². The molecule has 0 bridgehead atoms. The fourth-order valence-electron chi connectivity index (χ4n) is 2.46. The van der Waals surface area contributed by atoms with E-state index in [0.717, 1.165) is 24.1 Å². The zero-order valence-electron chi connectivity index (χ0n) is 11.8. The Morgan fingerprint density at radius 3 is 2.65 bits per heavy atom. The van der Waals surface area contributed by atoms with Crippen LogP contribution in [-0.2, 0) is 12.8 Å². The first-order valence-corrected chi connectivity index (χ1v) is 9.08. The van der Waals surface area contributed by atoms with E-state index in [1.165, 1.54) is 29.7 Å². The first-order chi connectivity index (χ1) is 9.64. The van der Waals surface area contributed by atoms with E-state index in [4.69, 9.17) is 23.2 Å². The van der Waals surface area contributed by atoms with Gasteiger partial charge in [-0.1, -0.05) is 13.3 Å². The van der Waals surface area contributed by atoms with Crippen LogP contribution in [0, 0.1) is 0 Å². The zero-order valence-corrected chi connectivity index (χ0v) is 14.1. The van der Waals surface area contributed by atoms with E-state index in [-0.39, 0.29) is 5.91 Å². The predicted molar refractivity (Wildman–Crippen MR) is 87.5 cm³/mol. The van der Waals surface area contributed by atoms with Crippen molar-refractivity contribution in [3.63, 3.8) is 0 Å². The van der Waals surface area contributed by atoms with Gasteiger partial charge in [0.05, 0.1) is 10.4 Å². The number of alkyl halides is 2. The third-order valence-electron chi connectivity index (χ3n) is 4.04. The zero-order chi connectivity index (χ0) is 14.6. The SMILES string of the molecule is CCC(CCl)(CCl)NC(=O)c1cc2c(s1)CCCCC2. The van der Waals surface area contributed by atoms with Crippen molar-refractivity contribution in [2.45, 2.75) is 51.0 Å². The number of carbonyl (C=O) groups excluding carboxylic acids is 1. The van der Waals surface area contributed by atoms with E-state index in [9.17, 15) is 4.79 Å². The van der Waals surface area contributed by atoms with E-state index in [0.29, 0.717) is 11.8 Å². The Hall–Kier alpha value is -0.250. The Morgan fingerprint density at radius 1 is 1.30 bits per heavy atom. The van der Waals surface area contributed by atoms with E-state index >= 15 is 0 Å². The highest BCUT2D eigenvalue weighted by Crippen LogP contribution is 2.29. The summed E-state index contributed by atoms with van der Waals surface area (Å²) in [5, 5.41) is 3.03. The van der Waals surface area contributed by atoms with Crippen LogP contribution in [0.25, 0.3) is 0 Å². The van der Waals surface area contributed by atoms with Crippen LogP contribution < -0.4 is 5.32 Å². The number of thiophene rings is 1. The fourth-order valence-corrected chi connectivity index (χ4v) is 4.41. The van der Waals surface area contributed by atoms with Gasteiger partial charge in [0.25, 0.3) is 5.91 Å². The Balaban J connectivity index is 2.13. The lowest BCUT2D eigenvalue weighted by Crippen LogP contribution is -2.51. The molecule has 0 saturated carbocycles. The summed E-state index contributed by atoms with van der Waals surface area (Å²) in [7, 11) is 0. The van der Waals surface area contributed by atoms with Gasteiger partial charge in [-0.3, -0.25) is 4.79 Å². The quantitative estimate of drug-likeness (QED) is 0.629. The maximum atomic E-state index is 12.4. The number of amides is 1. The summed E-state index contributed by atoms with van der Waals surface area (Å²) in [5.41, 5.74) is 0.859. The van der Waals surface area contributed by atoms with Crippen molar-refractivity contribution in [1.82, 2.24) is 5.32 Å². The molecule has 2 rings (SSSR count). The molecule has 0 fully saturated rings. The van der Waals surface area contributed by atoms with Crippen LogP contribution in [0.2, 0.25) is 0 Å². The van der Waals surface area contributed by atoms with Crippen molar-refractivity contribution in [3.05, 3.63) is 21.4 Å². The first kappa shape index (κ1) is 16.1. The molecule has 1 aromatic heterocycles. The van der Waals surface area contributed by atoms with Crippen LogP contribution in [0.5, 0.6) is 0 Å². The lowest BCUT2D eigenvalue weighted by molar-refractivity contribution is 0.0917. The maximum absolute atomic E-state index is 12.4. The second kappa shape index (κ2) is 7.15. The highest BCUT2D eigenvalue weighted by atomic mass is 35.5. The number of rotatable bonds is 5. The van der Waals surface area contributed by atoms with Gasteiger partial charge in [0.2, 0.25) is 0 Å². The van der Waals surface area contributed by atoms with Crippen LogP contribution in [0.4, 0.5) is 0 Å². The minimum Gasteiger partial charge on any atom is -0.344 e. The van der Waals surface area contributed by atoms with Gasteiger partial charge in [-0.25, -0.2) is 0 Å². The van der Waals surface area contributed by atoms with Gasteiger partial charge >= 0.3 is 0 Å². The molecule has 0 aromatic carbocycles. The Kier molecular flexibility index (Phi) is 5.76. The smallest absolute Gasteiger partial charge is 0.261 e. The highest BCUT2D eigenvalue weighted by Gasteiger charge is 2.29. The summed E-state index contributed by atoms with van der Waals surface area (Å²) in [4.78, 5) is 14.6. The van der Waals surface area contributed by atoms with E-state index in [1.54, 1.807) is 11.3 Å². The normalized spacial score (nSPS) is 15.6. The molecule has 0 spiro atoms. The fraction of sp³-hybridized carbons (Fsp3) is 0.667. The number of aryl methyl sites for hydroxylation is 2. The van der Waals surface area contributed by atoms with Crippen molar-refractivity contribution in [1.29, 1.82) is 0 Å². The lowest BCUT2D eigenvalue weighted by Gasteiger charge is -2.29. The number of halogens is 2. The molecule has 1 aliphatic rings. The standard InChI is InChI=1S/C15H21Cl2NOS/c1-2-15(9-16,10-17)18-14(19)13-8-11-6-4-3-5-7-12(11)20-13/h8H,2-7,9-10H2,1H3,(H,18,19). The van der Waals surface area contributed by atoms with Crippen LogP contribution in [-0.4, -0.2) is 23.2 Å². The largest absolute Gasteiger partial charge is 0.344 e. The topological polar surface area (TPSA) is 29.1 Å². The molecule has 1 aliphatic carbocycles. The van der Waals surface area contributed by atoms with Gasteiger partial charge in [0.15, 0.2) is 0 Å². The first-order valence-electron chi connectivity index (χ1n) is 7.20. The summed E-state index contributed by atoms with van der Waals surface area (Å²) < 4.78 is 0. The molecule has 0 saturated heterocycles. The van der Waals surface area contributed by atoms with Crippen molar-refractivity contribution in [3.8, 4) is 0 Å². The molecule has 1 aromatic rings. The van der Waals surface area contributed by atoms with E-state index in [2.05, 4.69) is 11.4 Å². The monoisotopic (exact) mass is 333 g/mol. The number of hydrogen-bond acceptors (Lipinski definition) is 2. The third kappa shape index (κ3) is 3.49. The summed E-state index contributed by atoms with van der Waals surface area (Å²) in [6.07, 6.45) is 6.70. The van der Waals surface area contributed by atoms with Gasteiger partial charge in [-0.05, 0) is 43.7 Å². The molecular formula is C15H21Cl2NOS. The Bertz CT molecular complexity index is 437. The second-order valence-corrected chi connectivity index (χ2v) is 7.15. The van der Waals surface area contributed by atoms with Gasteiger partial charge in [0.1, 0.15) is 0 Å². The molecule has 20 heavy (non-hydrogen) atoms. The summed E-state index contributed by atoms with van der Waals surface area (Å²) in [6.45, 7) is 1.99. The molecule has 2 nitrogen and oxygen atoms in total. The molecule has 1 heterocycles. The number of nitrogens with one attached hydrogen (secondary N) is 1. The molecule has 112 valence electrons. The minimum atomic E-state index is -0.498. The molecule has 0 unspecified atom stereocenters. The van der Waals surface area contributed by atoms with Gasteiger partial charge < -0.3 is 5.32 Å². The maximum Gasteiger partial charge on any atom is 0.261 e. The van der Waals surface area contributed by atoms with Crippen molar-refractivity contribution in [2.75, 3.05) is 11.8 Å². The average molecular weight is 334 g/mol. The molecule has 0 radical (unpaired) electrons. The lowest BCUT2D eigenvalue weighted by atomic mass is 10.0. The Morgan fingerprint density at radius 2 is 2.00 bits per heavy atom. The summed E-state index contributed by atoms with van der Waals surface area (Å²) in [5.74, 6) is 0.638. The predicted octanol–water partition coefficient (Wildman–Crippen LogP) is 4.37. The van der Waals surface area contributed by atoms with E-state index in [1.807, 2.05) is 6.92 Å². The molecule has 5 heteroatoms. The van der Waals surface area contributed by atoms with Gasteiger partial charge in [-0.2, -0.15) is 0 Å². The van der Waals surface area contributed by atoms with Crippen LogP contribution in [0.15, 0.2) is 6.07 Å². The molecule has 0 aliphatic heterocycles. The van der Waals surface area contributed by atoms with Crippen LogP contribution in [0.1, 0.15) is 52.7 Å². The number of fused-ring (bicyclic) bond motifs is 1. The highest BCUT2D eigenvalue weighted by molar-refractivity contribution is 7.14. The average Bonchev–Trinajstić information content (AvgIpc) is 2.76. The van der Waals surface area contributed by atoms with Crippen molar-refractivity contribution in [2.24, 2.45) is 0 Å². The van der Waals surface area contributed by atoms with Crippen LogP contribution >= 0.6 is 34.5 Å². The molecule has 1 N–H and O–H groups in total. The molecular weight excluding hydrogens is 313 g/mol. The molecule has 1 amide bonds. The van der Waals surface area contributed by atoms with Gasteiger partial charge in [0, 0.05) is 16.6 Å². The van der Waals surface area contributed by atoms with E-state index < -0.39 is 5.54 Å². The number of carbonyl (C=O) groups is 1. The third-order valence-corrected chi connectivity index (χ3v) is 6.30. The Labute approximate surface area is 134 Å². The molecule has 0 atom stereocenters. The number of hydrogen-bond donors (Lipinski definition) is 1. The second-order valence-electron chi connectivity index (χ2n) is 5.47.